The van der Waals surface area contributed by atoms with Crippen molar-refractivity contribution in [3.05, 3.63) is 34.4 Å². The highest BCUT2D eigenvalue weighted by Crippen LogP contribution is 2.27. The monoisotopic (exact) mass is 437 g/mol. The highest BCUT2D eigenvalue weighted by atomic mass is 79.9. The van der Waals surface area contributed by atoms with Crippen LogP contribution in [0.3, 0.4) is 0 Å². The standard InChI is InChI=1S/C16H20BrN5OSSi/c1-25(2,3)7-6-23-11-22(16-21-19-10-24-16)15-5-4-13-14(20-15)8-12(17)9-18-13/h4-5,8-10H,6-7,11H2,1-3H3. The van der Waals surface area contributed by atoms with E-state index in [4.69, 9.17) is 9.72 Å². The minimum absolute atomic E-state index is 0.402. The number of nitrogens with zero attached hydrogens (tertiary/aromatic N) is 5. The summed E-state index contributed by atoms with van der Waals surface area (Å²) in [5, 5.41) is 8.89. The minimum atomic E-state index is -1.12. The number of rotatable bonds is 7. The molecule has 0 aliphatic heterocycles. The molecule has 3 aromatic rings. The first-order valence-electron chi connectivity index (χ1n) is 7.96. The maximum Gasteiger partial charge on any atom is 0.215 e. The van der Waals surface area contributed by atoms with Crippen LogP contribution in [0, 0.1) is 0 Å². The molecule has 0 radical (unpaired) electrons. The summed E-state index contributed by atoms with van der Waals surface area (Å²) in [5.74, 6) is 0.775. The van der Waals surface area contributed by atoms with Crippen molar-refractivity contribution in [3.8, 4) is 0 Å². The Morgan fingerprint density at radius 1 is 1.24 bits per heavy atom. The van der Waals surface area contributed by atoms with E-state index < -0.39 is 8.07 Å². The van der Waals surface area contributed by atoms with Gasteiger partial charge in [0.05, 0.1) is 11.0 Å². The number of aromatic nitrogens is 4. The van der Waals surface area contributed by atoms with Gasteiger partial charge in [0.2, 0.25) is 5.13 Å². The molecule has 0 saturated heterocycles. The summed E-state index contributed by atoms with van der Waals surface area (Å²) in [7, 11) is -1.12. The largest absolute Gasteiger partial charge is 0.361 e. The number of anilines is 2. The molecule has 6 nitrogen and oxygen atoms in total. The Morgan fingerprint density at radius 2 is 2.08 bits per heavy atom. The Kier molecular flexibility index (Phi) is 5.77. The number of halogens is 1. The van der Waals surface area contributed by atoms with E-state index in [-0.39, 0.29) is 0 Å². The summed E-state index contributed by atoms with van der Waals surface area (Å²) in [5.41, 5.74) is 3.39. The Bertz CT molecular complexity index is 840. The summed E-state index contributed by atoms with van der Waals surface area (Å²) in [4.78, 5) is 11.0. The SMILES string of the molecule is C[Si](C)(C)CCOCN(c1ccc2ncc(Br)cc2n1)c1nncs1. The van der Waals surface area contributed by atoms with Crippen LogP contribution in [0.4, 0.5) is 10.9 Å². The van der Waals surface area contributed by atoms with Crippen LogP contribution in [0.15, 0.2) is 34.4 Å². The maximum absolute atomic E-state index is 5.92. The third-order valence-corrected chi connectivity index (χ3v) is 6.41. The molecule has 0 atom stereocenters. The Balaban J connectivity index is 1.82. The van der Waals surface area contributed by atoms with E-state index in [0.717, 1.165) is 39.1 Å². The van der Waals surface area contributed by atoms with E-state index in [1.54, 1.807) is 11.7 Å². The Hall–Kier alpha value is -1.42. The number of ether oxygens (including phenoxy) is 1. The number of fused-ring (bicyclic) bond motifs is 1. The van der Waals surface area contributed by atoms with Crippen molar-refractivity contribution in [2.75, 3.05) is 18.2 Å². The van der Waals surface area contributed by atoms with Gasteiger partial charge in [-0.15, -0.1) is 10.2 Å². The van der Waals surface area contributed by atoms with Crippen molar-refractivity contribution in [2.24, 2.45) is 0 Å². The summed E-state index contributed by atoms with van der Waals surface area (Å²) in [6.07, 6.45) is 1.77. The fourth-order valence-electron chi connectivity index (χ4n) is 2.16. The van der Waals surface area contributed by atoms with Crippen molar-refractivity contribution in [1.82, 2.24) is 20.2 Å². The molecule has 25 heavy (non-hydrogen) atoms. The number of hydrogen-bond donors (Lipinski definition) is 0. The fraction of sp³-hybridized carbons (Fsp3) is 0.375. The quantitative estimate of drug-likeness (QED) is 0.303. The van der Waals surface area contributed by atoms with Crippen molar-refractivity contribution in [1.29, 1.82) is 0 Å². The Morgan fingerprint density at radius 3 is 2.80 bits per heavy atom. The van der Waals surface area contributed by atoms with Gasteiger partial charge in [0.25, 0.3) is 0 Å². The zero-order chi connectivity index (χ0) is 17.9. The van der Waals surface area contributed by atoms with Gasteiger partial charge < -0.3 is 4.74 Å². The van der Waals surface area contributed by atoms with Gasteiger partial charge in [0, 0.05) is 25.4 Å². The Labute approximate surface area is 160 Å². The first-order chi connectivity index (χ1) is 11.9. The highest BCUT2D eigenvalue weighted by molar-refractivity contribution is 9.10. The smallest absolute Gasteiger partial charge is 0.215 e. The molecule has 132 valence electrons. The van der Waals surface area contributed by atoms with Crippen LogP contribution in [-0.4, -0.2) is 41.6 Å². The molecule has 0 saturated carbocycles. The zero-order valence-electron chi connectivity index (χ0n) is 14.4. The van der Waals surface area contributed by atoms with Crippen LogP contribution in [0.2, 0.25) is 25.7 Å². The van der Waals surface area contributed by atoms with Gasteiger partial charge in [-0.2, -0.15) is 0 Å². The first-order valence-corrected chi connectivity index (χ1v) is 13.3. The molecule has 0 aliphatic carbocycles. The van der Waals surface area contributed by atoms with Gasteiger partial charge in [-0.05, 0) is 40.2 Å². The van der Waals surface area contributed by atoms with Crippen molar-refractivity contribution in [2.45, 2.75) is 25.7 Å². The van der Waals surface area contributed by atoms with Gasteiger partial charge in [0.15, 0.2) is 0 Å². The first kappa shape index (κ1) is 18.4. The number of hydrogen-bond acceptors (Lipinski definition) is 7. The van der Waals surface area contributed by atoms with E-state index in [1.807, 2.05) is 23.1 Å². The summed E-state index contributed by atoms with van der Waals surface area (Å²) >= 11 is 4.91. The summed E-state index contributed by atoms with van der Waals surface area (Å²) < 4.78 is 6.82. The molecule has 0 unspecified atom stereocenters. The van der Waals surface area contributed by atoms with Crippen LogP contribution in [0.25, 0.3) is 11.0 Å². The van der Waals surface area contributed by atoms with Crippen LogP contribution in [0.1, 0.15) is 0 Å². The molecule has 0 aliphatic rings. The third kappa shape index (κ3) is 5.03. The molecule has 0 amide bonds. The predicted molar refractivity (Wildman–Crippen MR) is 108 cm³/mol. The van der Waals surface area contributed by atoms with Gasteiger partial charge in [-0.3, -0.25) is 9.88 Å². The molecule has 3 heterocycles. The maximum atomic E-state index is 5.92. The molecule has 3 aromatic heterocycles. The topological polar surface area (TPSA) is 64.0 Å². The lowest BCUT2D eigenvalue weighted by Gasteiger charge is -2.22. The van der Waals surface area contributed by atoms with Crippen LogP contribution < -0.4 is 4.90 Å². The van der Waals surface area contributed by atoms with Crippen molar-refractivity contribution < 1.29 is 4.74 Å². The average molecular weight is 438 g/mol. The summed E-state index contributed by atoms with van der Waals surface area (Å²) in [6.45, 7) is 8.17. The lowest BCUT2D eigenvalue weighted by Crippen LogP contribution is -2.26. The number of pyridine rings is 2. The van der Waals surface area contributed by atoms with Crippen LogP contribution in [0.5, 0.6) is 0 Å². The van der Waals surface area contributed by atoms with Gasteiger partial charge >= 0.3 is 0 Å². The van der Waals surface area contributed by atoms with E-state index in [2.05, 4.69) is 50.8 Å². The van der Waals surface area contributed by atoms with Crippen LogP contribution >= 0.6 is 27.3 Å². The van der Waals surface area contributed by atoms with E-state index in [9.17, 15) is 0 Å². The van der Waals surface area contributed by atoms with Crippen molar-refractivity contribution >= 4 is 57.3 Å². The molecule has 0 N–H and O–H groups in total. The summed E-state index contributed by atoms with van der Waals surface area (Å²) in [6, 6.07) is 6.97. The average Bonchev–Trinajstić information content (AvgIpc) is 3.07. The van der Waals surface area contributed by atoms with E-state index in [1.165, 1.54) is 11.3 Å². The molecule has 0 spiro atoms. The molecule has 0 aromatic carbocycles. The normalized spacial score (nSPS) is 11.8. The lowest BCUT2D eigenvalue weighted by atomic mass is 10.3. The second kappa shape index (κ2) is 7.86. The predicted octanol–water partition coefficient (Wildman–Crippen LogP) is 4.69. The highest BCUT2D eigenvalue weighted by Gasteiger charge is 2.17. The third-order valence-electron chi connectivity index (χ3n) is 3.56. The van der Waals surface area contributed by atoms with Gasteiger partial charge in [-0.1, -0.05) is 31.0 Å². The minimum Gasteiger partial charge on any atom is -0.361 e. The van der Waals surface area contributed by atoms with Gasteiger partial charge in [0.1, 0.15) is 18.1 Å². The fourth-order valence-corrected chi connectivity index (χ4v) is 3.79. The van der Waals surface area contributed by atoms with Gasteiger partial charge in [-0.25, -0.2) is 4.98 Å². The zero-order valence-corrected chi connectivity index (χ0v) is 17.8. The van der Waals surface area contributed by atoms with E-state index >= 15 is 0 Å². The lowest BCUT2D eigenvalue weighted by molar-refractivity contribution is 0.153. The van der Waals surface area contributed by atoms with E-state index in [0.29, 0.717) is 6.73 Å². The molecule has 3 rings (SSSR count). The second-order valence-corrected chi connectivity index (χ2v) is 14.2. The van der Waals surface area contributed by atoms with Crippen molar-refractivity contribution in [3.63, 3.8) is 0 Å². The molecular formula is C16H20BrN5OSSi. The molecule has 0 fully saturated rings. The molecule has 0 bridgehead atoms. The molecule has 9 heteroatoms. The van der Waals surface area contributed by atoms with Crippen LogP contribution in [-0.2, 0) is 4.74 Å². The second-order valence-electron chi connectivity index (χ2n) is 6.86. The molecular weight excluding hydrogens is 418 g/mol.